The molecular weight excluding hydrogens is 348 g/mol. The molecule has 0 spiro atoms. The van der Waals surface area contributed by atoms with E-state index in [2.05, 4.69) is 0 Å². The van der Waals surface area contributed by atoms with Gasteiger partial charge in [-0.15, -0.1) is 0 Å². The highest BCUT2D eigenvalue weighted by Crippen LogP contribution is 2.28. The lowest BCUT2D eigenvalue weighted by Crippen LogP contribution is -2.40. The maximum Gasteiger partial charge on any atom is 0.264 e. The van der Waals surface area contributed by atoms with Gasteiger partial charge < -0.3 is 4.90 Å². The summed E-state index contributed by atoms with van der Waals surface area (Å²) in [6, 6.07) is 12.9. The SMILES string of the molecule is Cc1ccc(N(CC(=O)N(C)C)S(=O)(=O)c2ccccc2)cc1Cl. The first-order valence-electron chi connectivity index (χ1n) is 7.27. The van der Waals surface area contributed by atoms with Crippen LogP contribution in [0.5, 0.6) is 0 Å². The Labute approximate surface area is 147 Å². The van der Waals surface area contributed by atoms with Crippen LogP contribution in [0, 0.1) is 6.92 Å². The Bertz CT molecular complexity index is 836. The van der Waals surface area contributed by atoms with Crippen LogP contribution in [-0.4, -0.2) is 39.9 Å². The molecule has 24 heavy (non-hydrogen) atoms. The first-order valence-corrected chi connectivity index (χ1v) is 9.09. The van der Waals surface area contributed by atoms with Crippen LogP contribution < -0.4 is 4.31 Å². The van der Waals surface area contributed by atoms with Crippen molar-refractivity contribution >= 4 is 33.2 Å². The summed E-state index contributed by atoms with van der Waals surface area (Å²) in [4.78, 5) is 13.6. The third kappa shape index (κ3) is 3.88. The minimum Gasteiger partial charge on any atom is -0.347 e. The largest absolute Gasteiger partial charge is 0.347 e. The van der Waals surface area contributed by atoms with Gasteiger partial charge in [0.15, 0.2) is 0 Å². The number of carbonyl (C=O) groups is 1. The number of hydrogen-bond donors (Lipinski definition) is 0. The van der Waals surface area contributed by atoms with Gasteiger partial charge in [0.1, 0.15) is 6.54 Å². The first kappa shape index (κ1) is 18.3. The number of anilines is 1. The molecule has 0 saturated heterocycles. The van der Waals surface area contributed by atoms with E-state index in [1.54, 1.807) is 50.5 Å². The molecule has 0 atom stereocenters. The van der Waals surface area contributed by atoms with Gasteiger partial charge in [0.25, 0.3) is 10.0 Å². The topological polar surface area (TPSA) is 57.7 Å². The van der Waals surface area contributed by atoms with Crippen LogP contribution in [0.15, 0.2) is 53.4 Å². The molecule has 2 rings (SSSR count). The third-order valence-electron chi connectivity index (χ3n) is 3.55. The van der Waals surface area contributed by atoms with Crippen molar-refractivity contribution in [2.75, 3.05) is 24.9 Å². The molecule has 2 aromatic carbocycles. The maximum absolute atomic E-state index is 13.0. The van der Waals surface area contributed by atoms with E-state index in [9.17, 15) is 13.2 Å². The Morgan fingerprint density at radius 2 is 1.71 bits per heavy atom. The van der Waals surface area contributed by atoms with Crippen molar-refractivity contribution in [3.05, 3.63) is 59.1 Å². The number of aryl methyl sites for hydroxylation is 1. The normalized spacial score (nSPS) is 11.2. The predicted molar refractivity (Wildman–Crippen MR) is 95.9 cm³/mol. The molecule has 0 radical (unpaired) electrons. The summed E-state index contributed by atoms with van der Waals surface area (Å²) in [6.45, 7) is 1.52. The molecule has 0 heterocycles. The molecule has 0 aliphatic heterocycles. The van der Waals surface area contributed by atoms with Crippen molar-refractivity contribution in [2.45, 2.75) is 11.8 Å². The van der Waals surface area contributed by atoms with E-state index >= 15 is 0 Å². The Morgan fingerprint density at radius 1 is 1.08 bits per heavy atom. The summed E-state index contributed by atoms with van der Waals surface area (Å²) < 4.78 is 27.1. The molecule has 0 fully saturated rings. The molecule has 5 nitrogen and oxygen atoms in total. The molecule has 0 saturated carbocycles. The third-order valence-corrected chi connectivity index (χ3v) is 5.75. The van der Waals surface area contributed by atoms with E-state index in [-0.39, 0.29) is 17.3 Å². The van der Waals surface area contributed by atoms with Gasteiger partial charge in [-0.2, -0.15) is 0 Å². The fraction of sp³-hybridized carbons (Fsp3) is 0.235. The van der Waals surface area contributed by atoms with Crippen molar-refractivity contribution in [3.63, 3.8) is 0 Å². The number of likely N-dealkylation sites (N-methyl/N-ethyl adjacent to an activating group) is 1. The molecule has 7 heteroatoms. The summed E-state index contributed by atoms with van der Waals surface area (Å²) in [7, 11) is -0.723. The van der Waals surface area contributed by atoms with Gasteiger partial charge in [-0.25, -0.2) is 8.42 Å². The fourth-order valence-electron chi connectivity index (χ4n) is 2.04. The van der Waals surface area contributed by atoms with E-state index in [0.29, 0.717) is 10.7 Å². The zero-order chi connectivity index (χ0) is 17.9. The number of sulfonamides is 1. The molecule has 1 amide bonds. The maximum atomic E-state index is 13.0. The van der Waals surface area contributed by atoms with Gasteiger partial charge >= 0.3 is 0 Å². The van der Waals surface area contributed by atoms with Crippen molar-refractivity contribution in [1.29, 1.82) is 0 Å². The van der Waals surface area contributed by atoms with Crippen LogP contribution in [0.25, 0.3) is 0 Å². The Morgan fingerprint density at radius 3 is 2.25 bits per heavy atom. The molecule has 0 N–H and O–H groups in total. The highest BCUT2D eigenvalue weighted by Gasteiger charge is 2.27. The van der Waals surface area contributed by atoms with Crippen molar-refractivity contribution in [1.82, 2.24) is 4.90 Å². The molecule has 128 valence electrons. The lowest BCUT2D eigenvalue weighted by molar-refractivity contribution is -0.127. The van der Waals surface area contributed by atoms with Gasteiger partial charge in [0, 0.05) is 19.1 Å². The average molecular weight is 367 g/mol. The van der Waals surface area contributed by atoms with Crippen LogP contribution in [0.1, 0.15) is 5.56 Å². The number of halogens is 1. The van der Waals surface area contributed by atoms with Gasteiger partial charge in [0.2, 0.25) is 5.91 Å². The van der Waals surface area contributed by atoms with E-state index < -0.39 is 10.0 Å². The van der Waals surface area contributed by atoms with E-state index in [1.165, 1.54) is 17.0 Å². The van der Waals surface area contributed by atoms with E-state index in [4.69, 9.17) is 11.6 Å². The highest BCUT2D eigenvalue weighted by atomic mass is 35.5. The zero-order valence-corrected chi connectivity index (χ0v) is 15.3. The van der Waals surface area contributed by atoms with Crippen molar-refractivity contribution < 1.29 is 13.2 Å². The van der Waals surface area contributed by atoms with Crippen molar-refractivity contribution in [3.8, 4) is 0 Å². The minimum atomic E-state index is -3.89. The van der Waals surface area contributed by atoms with Crippen LogP contribution in [0.3, 0.4) is 0 Å². The number of amides is 1. The Hall–Kier alpha value is -2.05. The summed E-state index contributed by atoms with van der Waals surface area (Å²) in [5, 5.41) is 0.443. The Kier molecular flexibility index (Phi) is 5.51. The lowest BCUT2D eigenvalue weighted by Gasteiger charge is -2.25. The molecule has 0 bridgehead atoms. The van der Waals surface area contributed by atoms with Crippen LogP contribution in [0.4, 0.5) is 5.69 Å². The molecule has 0 aliphatic carbocycles. The fourth-order valence-corrected chi connectivity index (χ4v) is 3.64. The van der Waals surface area contributed by atoms with Crippen molar-refractivity contribution in [2.24, 2.45) is 0 Å². The van der Waals surface area contributed by atoms with Gasteiger partial charge in [0.05, 0.1) is 10.6 Å². The predicted octanol–water partition coefficient (Wildman–Crippen LogP) is 2.93. The average Bonchev–Trinajstić information content (AvgIpc) is 2.55. The molecular formula is C17H19ClN2O3S. The minimum absolute atomic E-state index is 0.119. The first-order chi connectivity index (χ1) is 11.2. The van der Waals surface area contributed by atoms with Crippen LogP contribution in [0.2, 0.25) is 5.02 Å². The Balaban J connectivity index is 2.54. The summed E-state index contributed by atoms with van der Waals surface area (Å²) in [5.74, 6) is -0.328. The number of carbonyl (C=O) groups excluding carboxylic acids is 1. The second-order valence-electron chi connectivity index (χ2n) is 5.55. The monoisotopic (exact) mass is 366 g/mol. The molecule has 0 aromatic heterocycles. The lowest BCUT2D eigenvalue weighted by atomic mass is 10.2. The summed E-state index contributed by atoms with van der Waals surface area (Å²) in [5.41, 5.74) is 1.18. The number of nitrogens with zero attached hydrogens (tertiary/aromatic N) is 2. The zero-order valence-electron chi connectivity index (χ0n) is 13.7. The van der Waals surface area contributed by atoms with Crippen LogP contribution >= 0.6 is 11.6 Å². The standard InChI is InChI=1S/C17H19ClN2O3S/c1-13-9-10-14(11-16(13)18)20(12-17(21)19(2)3)24(22,23)15-7-5-4-6-8-15/h4-11H,12H2,1-3H3. The van der Waals surface area contributed by atoms with Crippen LogP contribution in [-0.2, 0) is 14.8 Å². The molecule has 2 aromatic rings. The summed E-state index contributed by atoms with van der Waals surface area (Å²) in [6.07, 6.45) is 0. The molecule has 0 aliphatic rings. The van der Waals surface area contributed by atoms with E-state index in [1.807, 2.05) is 6.92 Å². The van der Waals surface area contributed by atoms with E-state index in [0.717, 1.165) is 9.87 Å². The quantitative estimate of drug-likeness (QED) is 0.817. The van der Waals surface area contributed by atoms with Gasteiger partial charge in [-0.05, 0) is 36.8 Å². The smallest absolute Gasteiger partial charge is 0.264 e. The second-order valence-corrected chi connectivity index (χ2v) is 7.82. The second kappa shape index (κ2) is 7.23. The number of rotatable bonds is 5. The molecule has 0 unspecified atom stereocenters. The summed E-state index contributed by atoms with van der Waals surface area (Å²) >= 11 is 6.14. The number of benzene rings is 2. The highest BCUT2D eigenvalue weighted by molar-refractivity contribution is 7.92. The van der Waals surface area contributed by atoms with Gasteiger partial charge in [-0.3, -0.25) is 9.10 Å². The van der Waals surface area contributed by atoms with Gasteiger partial charge in [-0.1, -0.05) is 35.9 Å². The number of hydrogen-bond acceptors (Lipinski definition) is 3.